The number of halogens is 4. The Bertz CT molecular complexity index is 1220. The molecule has 0 unspecified atom stereocenters. The average molecular weight is 496 g/mol. The number of carbonyl (C=O) groups is 2. The fourth-order valence-electron chi connectivity index (χ4n) is 2.83. The molecule has 0 saturated heterocycles. The van der Waals surface area contributed by atoms with E-state index in [2.05, 4.69) is 20.6 Å². The van der Waals surface area contributed by atoms with Crippen molar-refractivity contribution in [2.75, 3.05) is 30.6 Å². The van der Waals surface area contributed by atoms with Gasteiger partial charge >= 0.3 is 18.1 Å². The van der Waals surface area contributed by atoms with Crippen LogP contribution in [0.3, 0.4) is 0 Å². The molecule has 3 rings (SSSR count). The van der Waals surface area contributed by atoms with Crippen LogP contribution in [0.2, 0.25) is 5.02 Å². The summed E-state index contributed by atoms with van der Waals surface area (Å²) < 4.78 is 48.6. The first kappa shape index (κ1) is 24.6. The SMILES string of the molecule is COC(=O)c1cc(Nc2ncnc(Nc3cc(C(F)(F)F)ccc3Cl)c2N)cc(C(=O)OC)c1. The number of carbonyl (C=O) groups excluding carboxylic acids is 2. The lowest BCUT2D eigenvalue weighted by atomic mass is 10.1. The maximum Gasteiger partial charge on any atom is 0.416 e. The fraction of sp³-hybridized carbons (Fsp3) is 0.143. The first-order chi connectivity index (χ1) is 16.0. The van der Waals surface area contributed by atoms with E-state index < -0.39 is 23.7 Å². The van der Waals surface area contributed by atoms with E-state index in [1.807, 2.05) is 0 Å². The number of nitrogens with zero attached hydrogens (tertiary/aromatic N) is 2. The number of hydrogen-bond acceptors (Lipinski definition) is 9. The third-order valence-corrected chi connectivity index (χ3v) is 4.80. The Morgan fingerprint density at radius 3 is 2.03 bits per heavy atom. The van der Waals surface area contributed by atoms with Crippen molar-refractivity contribution in [1.29, 1.82) is 0 Å². The Kier molecular flexibility index (Phi) is 7.11. The summed E-state index contributed by atoms with van der Waals surface area (Å²) in [5.41, 5.74) is 5.37. The Morgan fingerprint density at radius 1 is 0.941 bits per heavy atom. The summed E-state index contributed by atoms with van der Waals surface area (Å²) in [4.78, 5) is 31.9. The van der Waals surface area contributed by atoms with Crippen molar-refractivity contribution < 1.29 is 32.2 Å². The molecule has 13 heteroatoms. The summed E-state index contributed by atoms with van der Waals surface area (Å²) >= 11 is 6.02. The number of aromatic nitrogens is 2. The van der Waals surface area contributed by atoms with Crippen molar-refractivity contribution in [3.63, 3.8) is 0 Å². The second-order valence-electron chi connectivity index (χ2n) is 6.71. The molecule has 0 aliphatic heterocycles. The van der Waals surface area contributed by atoms with Crippen molar-refractivity contribution in [1.82, 2.24) is 9.97 Å². The van der Waals surface area contributed by atoms with Crippen LogP contribution in [0, 0.1) is 0 Å². The molecule has 0 atom stereocenters. The molecule has 0 aliphatic rings. The number of rotatable bonds is 6. The Balaban J connectivity index is 1.96. The molecule has 3 aromatic rings. The lowest BCUT2D eigenvalue weighted by molar-refractivity contribution is -0.137. The summed E-state index contributed by atoms with van der Waals surface area (Å²) in [6, 6.07) is 6.81. The van der Waals surface area contributed by atoms with Crippen molar-refractivity contribution >= 4 is 52.2 Å². The van der Waals surface area contributed by atoms with Crippen LogP contribution in [0.4, 0.5) is 41.9 Å². The minimum atomic E-state index is -4.58. The average Bonchev–Trinajstić information content (AvgIpc) is 2.80. The van der Waals surface area contributed by atoms with Gasteiger partial charge in [0.1, 0.15) is 12.0 Å². The third kappa shape index (κ3) is 5.46. The topological polar surface area (TPSA) is 128 Å². The minimum Gasteiger partial charge on any atom is -0.465 e. The molecule has 1 heterocycles. The first-order valence-electron chi connectivity index (χ1n) is 9.36. The van der Waals surface area contributed by atoms with Crippen LogP contribution in [0.5, 0.6) is 0 Å². The molecule has 0 aliphatic carbocycles. The number of nitrogens with one attached hydrogen (secondary N) is 2. The van der Waals surface area contributed by atoms with E-state index in [1.165, 1.54) is 32.4 Å². The highest BCUT2D eigenvalue weighted by molar-refractivity contribution is 6.33. The van der Waals surface area contributed by atoms with Gasteiger partial charge in [0, 0.05) is 5.69 Å². The fourth-order valence-corrected chi connectivity index (χ4v) is 2.99. The normalized spacial score (nSPS) is 11.0. The standard InChI is InChI=1S/C21H17ClF3N5O4/c1-33-19(31)10-5-11(20(32)34-2)7-13(6-10)29-17-16(26)18(28-9-27-17)30-15-8-12(21(23,24)25)3-4-14(15)22/h3-9H,26H2,1-2H3,(H2,27,28,29,30). The molecule has 9 nitrogen and oxygen atoms in total. The molecule has 0 bridgehead atoms. The lowest BCUT2D eigenvalue weighted by Crippen LogP contribution is -2.10. The van der Waals surface area contributed by atoms with Gasteiger partial charge in [-0.25, -0.2) is 19.6 Å². The van der Waals surface area contributed by atoms with E-state index in [0.717, 1.165) is 24.5 Å². The van der Waals surface area contributed by atoms with E-state index >= 15 is 0 Å². The van der Waals surface area contributed by atoms with Gasteiger partial charge in [-0.2, -0.15) is 13.2 Å². The van der Waals surface area contributed by atoms with Gasteiger partial charge in [0.25, 0.3) is 0 Å². The minimum absolute atomic E-state index is 0.00835. The van der Waals surface area contributed by atoms with Crippen LogP contribution >= 0.6 is 11.6 Å². The van der Waals surface area contributed by atoms with Gasteiger partial charge in [-0.05, 0) is 36.4 Å². The largest absolute Gasteiger partial charge is 0.465 e. The van der Waals surface area contributed by atoms with Crippen LogP contribution in [0.1, 0.15) is 26.3 Å². The molecule has 0 amide bonds. The number of esters is 2. The summed E-state index contributed by atoms with van der Waals surface area (Å²) in [5, 5.41) is 5.51. The highest BCUT2D eigenvalue weighted by atomic mass is 35.5. The molecule has 34 heavy (non-hydrogen) atoms. The van der Waals surface area contributed by atoms with Crippen molar-refractivity contribution in [2.45, 2.75) is 6.18 Å². The van der Waals surface area contributed by atoms with E-state index in [9.17, 15) is 22.8 Å². The van der Waals surface area contributed by atoms with Gasteiger partial charge in [-0.1, -0.05) is 11.6 Å². The van der Waals surface area contributed by atoms with E-state index in [0.29, 0.717) is 0 Å². The molecule has 0 radical (unpaired) electrons. The Hall–Kier alpha value is -4.06. The van der Waals surface area contributed by atoms with Crippen molar-refractivity contribution in [3.05, 3.63) is 64.4 Å². The van der Waals surface area contributed by atoms with E-state index in [-0.39, 0.29) is 44.8 Å². The van der Waals surface area contributed by atoms with Gasteiger partial charge in [0.05, 0.1) is 41.6 Å². The number of nitrogen functional groups attached to an aromatic ring is 1. The lowest BCUT2D eigenvalue weighted by Gasteiger charge is -2.15. The van der Waals surface area contributed by atoms with E-state index in [4.69, 9.17) is 26.8 Å². The van der Waals surface area contributed by atoms with Crippen LogP contribution in [0.25, 0.3) is 0 Å². The zero-order valence-corrected chi connectivity index (χ0v) is 18.4. The van der Waals surface area contributed by atoms with Crippen LogP contribution < -0.4 is 16.4 Å². The second kappa shape index (κ2) is 9.83. The first-order valence-corrected chi connectivity index (χ1v) is 9.74. The smallest absolute Gasteiger partial charge is 0.416 e. The van der Waals surface area contributed by atoms with Crippen LogP contribution in [-0.4, -0.2) is 36.1 Å². The number of nitrogens with two attached hydrogens (primary N) is 1. The Morgan fingerprint density at radius 2 is 1.50 bits per heavy atom. The van der Waals surface area contributed by atoms with Crippen molar-refractivity contribution in [3.8, 4) is 0 Å². The number of anilines is 5. The van der Waals surface area contributed by atoms with Crippen LogP contribution in [-0.2, 0) is 15.7 Å². The van der Waals surface area contributed by atoms with Gasteiger partial charge in [0.15, 0.2) is 11.6 Å². The molecule has 1 aromatic heterocycles. The molecular weight excluding hydrogens is 479 g/mol. The second-order valence-corrected chi connectivity index (χ2v) is 7.12. The summed E-state index contributed by atoms with van der Waals surface area (Å²) in [7, 11) is 2.36. The van der Waals surface area contributed by atoms with Crippen LogP contribution in [0.15, 0.2) is 42.7 Å². The zero-order chi connectivity index (χ0) is 25.0. The van der Waals surface area contributed by atoms with E-state index in [1.54, 1.807) is 0 Å². The molecule has 0 saturated carbocycles. The zero-order valence-electron chi connectivity index (χ0n) is 17.7. The van der Waals surface area contributed by atoms with Gasteiger partial charge in [-0.3, -0.25) is 0 Å². The summed E-state index contributed by atoms with van der Waals surface area (Å²) in [6.45, 7) is 0. The molecule has 0 fully saturated rings. The number of alkyl halides is 3. The molecule has 4 N–H and O–H groups in total. The highest BCUT2D eigenvalue weighted by Crippen LogP contribution is 2.36. The predicted molar refractivity (Wildman–Crippen MR) is 119 cm³/mol. The number of methoxy groups -OCH3 is 2. The maximum absolute atomic E-state index is 13.1. The quantitative estimate of drug-likeness (QED) is 0.413. The number of hydrogen-bond donors (Lipinski definition) is 3. The molecule has 2 aromatic carbocycles. The Labute approximate surface area is 196 Å². The van der Waals surface area contributed by atoms with Gasteiger partial charge < -0.3 is 25.8 Å². The third-order valence-electron chi connectivity index (χ3n) is 4.47. The van der Waals surface area contributed by atoms with Gasteiger partial charge in [-0.15, -0.1) is 0 Å². The summed E-state index contributed by atoms with van der Waals surface area (Å²) in [5.74, 6) is -1.40. The molecule has 0 spiro atoms. The molecular formula is C21H17ClF3N5O4. The maximum atomic E-state index is 13.1. The monoisotopic (exact) mass is 495 g/mol. The summed E-state index contributed by atoms with van der Waals surface area (Å²) in [6.07, 6.45) is -3.47. The predicted octanol–water partition coefficient (Wildman–Crippen LogP) is 4.79. The van der Waals surface area contributed by atoms with Gasteiger partial charge in [0.2, 0.25) is 0 Å². The molecule has 178 valence electrons. The number of ether oxygens (including phenoxy) is 2. The van der Waals surface area contributed by atoms with Crippen molar-refractivity contribution in [2.24, 2.45) is 0 Å². The highest BCUT2D eigenvalue weighted by Gasteiger charge is 2.31. The number of benzene rings is 2.